The van der Waals surface area contributed by atoms with Gasteiger partial charge in [-0.05, 0) is 18.2 Å². The van der Waals surface area contributed by atoms with Crippen LogP contribution in [0.15, 0.2) is 39.5 Å². The van der Waals surface area contributed by atoms with Crippen molar-refractivity contribution >= 4 is 11.0 Å². The zero-order valence-electron chi connectivity index (χ0n) is 12.8. The highest BCUT2D eigenvalue weighted by Crippen LogP contribution is 2.33. The van der Waals surface area contributed by atoms with E-state index < -0.39 is 42.4 Å². The number of aliphatic hydroxyl groups excluding tert-OH is 4. The van der Waals surface area contributed by atoms with Crippen molar-refractivity contribution in [3.8, 4) is 5.75 Å². The lowest BCUT2D eigenvalue weighted by Crippen LogP contribution is -2.66. The Bertz CT molecular complexity index is 785. The number of ether oxygens (including phenoxy) is 2. The molecule has 1 aromatic carbocycles. The first-order valence-electron chi connectivity index (χ1n) is 7.40. The summed E-state index contributed by atoms with van der Waals surface area (Å²) in [5, 5.41) is 39.8. The standard InChI is InChI=1S/C16H18O8/c1-16(15(21)14(20)13(19)11(7-17)24-16)23-9-4-2-8-3-5-12(18)22-10(8)6-9/h2-6,11,13-15,17,19-21H,7H2,1H3/t11-,13+,14+,15-,16+/m1/s1. The normalized spacial score (nSPS) is 33.5. The molecular formula is C16H18O8. The fourth-order valence-electron chi connectivity index (χ4n) is 2.73. The van der Waals surface area contributed by atoms with Crippen molar-refractivity contribution in [3.05, 3.63) is 40.8 Å². The molecule has 4 N–H and O–H groups in total. The summed E-state index contributed by atoms with van der Waals surface area (Å²) in [6.07, 6.45) is -5.68. The van der Waals surface area contributed by atoms with Gasteiger partial charge in [-0.15, -0.1) is 0 Å². The zero-order valence-corrected chi connectivity index (χ0v) is 12.8. The van der Waals surface area contributed by atoms with E-state index in [1.807, 2.05) is 0 Å². The van der Waals surface area contributed by atoms with Crippen LogP contribution in [0, 0.1) is 0 Å². The van der Waals surface area contributed by atoms with Crippen LogP contribution >= 0.6 is 0 Å². The Morgan fingerprint density at radius 2 is 1.88 bits per heavy atom. The summed E-state index contributed by atoms with van der Waals surface area (Å²) >= 11 is 0. The summed E-state index contributed by atoms with van der Waals surface area (Å²) in [4.78, 5) is 11.3. The molecule has 1 fully saturated rings. The first-order valence-corrected chi connectivity index (χ1v) is 7.40. The van der Waals surface area contributed by atoms with E-state index in [1.165, 1.54) is 19.1 Å². The van der Waals surface area contributed by atoms with Gasteiger partial charge in [-0.25, -0.2) is 4.79 Å². The number of benzene rings is 1. The van der Waals surface area contributed by atoms with Gasteiger partial charge in [0.15, 0.2) is 0 Å². The number of hydrogen-bond donors (Lipinski definition) is 4. The van der Waals surface area contributed by atoms with E-state index in [0.29, 0.717) is 5.39 Å². The van der Waals surface area contributed by atoms with Crippen LogP contribution in [0.3, 0.4) is 0 Å². The van der Waals surface area contributed by atoms with Crippen LogP contribution < -0.4 is 10.4 Å². The second-order valence-electron chi connectivity index (χ2n) is 5.84. The number of aliphatic hydroxyl groups is 4. The van der Waals surface area contributed by atoms with Crippen molar-refractivity contribution in [1.82, 2.24) is 0 Å². The average Bonchev–Trinajstić information content (AvgIpc) is 2.56. The van der Waals surface area contributed by atoms with E-state index in [2.05, 4.69) is 0 Å². The lowest BCUT2D eigenvalue weighted by molar-refractivity contribution is -0.329. The third kappa shape index (κ3) is 2.90. The monoisotopic (exact) mass is 338 g/mol. The Hall–Kier alpha value is -1.97. The lowest BCUT2D eigenvalue weighted by atomic mass is 9.93. The van der Waals surface area contributed by atoms with E-state index in [1.54, 1.807) is 18.2 Å². The molecule has 0 aliphatic carbocycles. The second kappa shape index (κ2) is 6.15. The summed E-state index contributed by atoms with van der Waals surface area (Å²) < 4.78 is 16.1. The van der Waals surface area contributed by atoms with Crippen LogP contribution in [0.1, 0.15) is 6.92 Å². The number of rotatable bonds is 3. The van der Waals surface area contributed by atoms with Crippen LogP contribution in [0.5, 0.6) is 5.75 Å². The molecule has 0 spiro atoms. The van der Waals surface area contributed by atoms with Gasteiger partial charge in [-0.1, -0.05) is 0 Å². The molecule has 2 heterocycles. The molecule has 130 valence electrons. The highest BCUT2D eigenvalue weighted by atomic mass is 16.7. The molecule has 2 aromatic rings. The minimum absolute atomic E-state index is 0.221. The molecule has 0 bridgehead atoms. The fraction of sp³-hybridized carbons (Fsp3) is 0.438. The van der Waals surface area contributed by atoms with Crippen LogP contribution in [0.4, 0.5) is 0 Å². The van der Waals surface area contributed by atoms with Gasteiger partial charge >= 0.3 is 5.63 Å². The average molecular weight is 338 g/mol. The Labute approximate surface area is 136 Å². The van der Waals surface area contributed by atoms with Gasteiger partial charge in [0.25, 0.3) is 0 Å². The molecule has 0 amide bonds. The third-order valence-electron chi connectivity index (χ3n) is 4.07. The first kappa shape index (κ1) is 16.9. The number of fused-ring (bicyclic) bond motifs is 1. The minimum Gasteiger partial charge on any atom is -0.460 e. The van der Waals surface area contributed by atoms with Crippen molar-refractivity contribution in [1.29, 1.82) is 0 Å². The van der Waals surface area contributed by atoms with E-state index in [4.69, 9.17) is 13.9 Å². The van der Waals surface area contributed by atoms with E-state index in [0.717, 1.165) is 0 Å². The van der Waals surface area contributed by atoms with Gasteiger partial charge < -0.3 is 34.3 Å². The molecule has 1 aliphatic heterocycles. The van der Waals surface area contributed by atoms with Crippen molar-refractivity contribution in [2.45, 2.75) is 37.1 Å². The molecule has 5 atom stereocenters. The molecule has 0 unspecified atom stereocenters. The molecule has 24 heavy (non-hydrogen) atoms. The molecule has 0 saturated carbocycles. The number of hydrogen-bond acceptors (Lipinski definition) is 8. The summed E-state index contributed by atoms with van der Waals surface area (Å²) in [6.45, 7) is 0.817. The molecule has 8 nitrogen and oxygen atoms in total. The molecular weight excluding hydrogens is 320 g/mol. The predicted molar refractivity (Wildman–Crippen MR) is 81.5 cm³/mol. The second-order valence-corrected chi connectivity index (χ2v) is 5.84. The summed E-state index contributed by atoms with van der Waals surface area (Å²) in [5.41, 5.74) is -0.230. The van der Waals surface area contributed by atoms with Crippen LogP contribution in [0.2, 0.25) is 0 Å². The van der Waals surface area contributed by atoms with Gasteiger partial charge in [0.2, 0.25) is 5.79 Å². The van der Waals surface area contributed by atoms with Crippen molar-refractivity contribution in [2.24, 2.45) is 0 Å². The summed E-state index contributed by atoms with van der Waals surface area (Å²) in [6, 6.07) is 7.57. The van der Waals surface area contributed by atoms with E-state index in [-0.39, 0.29) is 11.3 Å². The molecule has 3 rings (SSSR count). The quantitative estimate of drug-likeness (QED) is 0.544. The fourth-order valence-corrected chi connectivity index (χ4v) is 2.73. The van der Waals surface area contributed by atoms with Gasteiger partial charge in [0.05, 0.1) is 6.61 Å². The first-order chi connectivity index (χ1) is 11.3. The van der Waals surface area contributed by atoms with Crippen molar-refractivity contribution in [3.63, 3.8) is 0 Å². The maximum absolute atomic E-state index is 11.3. The van der Waals surface area contributed by atoms with Crippen molar-refractivity contribution < 1.29 is 34.3 Å². The minimum atomic E-state index is -1.71. The third-order valence-corrected chi connectivity index (χ3v) is 4.07. The Kier molecular flexibility index (Phi) is 4.33. The van der Waals surface area contributed by atoms with E-state index >= 15 is 0 Å². The predicted octanol–water partition coefficient (Wildman–Crippen LogP) is -0.638. The van der Waals surface area contributed by atoms with Gasteiger partial charge in [0.1, 0.15) is 35.7 Å². The Balaban J connectivity index is 1.92. The maximum Gasteiger partial charge on any atom is 0.336 e. The highest BCUT2D eigenvalue weighted by molar-refractivity contribution is 5.77. The maximum atomic E-state index is 11.3. The Morgan fingerprint density at radius 1 is 1.17 bits per heavy atom. The molecule has 1 aliphatic rings. The summed E-state index contributed by atoms with van der Waals surface area (Å²) in [5.74, 6) is -1.49. The van der Waals surface area contributed by atoms with Gasteiger partial charge in [0, 0.05) is 24.4 Å². The van der Waals surface area contributed by atoms with Crippen LogP contribution in [-0.2, 0) is 4.74 Å². The Morgan fingerprint density at radius 3 is 2.58 bits per heavy atom. The van der Waals surface area contributed by atoms with Gasteiger partial charge in [-0.2, -0.15) is 0 Å². The summed E-state index contributed by atoms with van der Waals surface area (Å²) in [7, 11) is 0. The smallest absolute Gasteiger partial charge is 0.336 e. The molecule has 0 radical (unpaired) electrons. The van der Waals surface area contributed by atoms with Crippen molar-refractivity contribution in [2.75, 3.05) is 6.61 Å². The topological polar surface area (TPSA) is 130 Å². The molecule has 1 saturated heterocycles. The molecule has 1 aromatic heterocycles. The zero-order chi connectivity index (χ0) is 17.5. The van der Waals surface area contributed by atoms with Crippen LogP contribution in [0.25, 0.3) is 11.0 Å². The largest absolute Gasteiger partial charge is 0.460 e. The van der Waals surface area contributed by atoms with Gasteiger partial charge in [-0.3, -0.25) is 0 Å². The van der Waals surface area contributed by atoms with Crippen LogP contribution in [-0.4, -0.2) is 57.2 Å². The molecule has 8 heteroatoms. The van der Waals surface area contributed by atoms with E-state index in [9.17, 15) is 25.2 Å². The lowest BCUT2D eigenvalue weighted by Gasteiger charge is -2.46. The SMILES string of the molecule is C[C@]1(Oc2ccc3ccc(=O)oc3c2)O[C@H](CO)[C@H](O)[C@H](O)[C@H]1O. The highest BCUT2D eigenvalue weighted by Gasteiger charge is 2.52.